The van der Waals surface area contributed by atoms with Crippen molar-refractivity contribution >= 4 is 54.6 Å². The molecule has 0 radical (unpaired) electrons. The van der Waals surface area contributed by atoms with Gasteiger partial charge in [-0.05, 0) is 24.3 Å². The molecule has 0 saturated carbocycles. The molecule has 28 heavy (non-hydrogen) atoms. The highest BCUT2D eigenvalue weighted by Crippen LogP contribution is 2.36. The molecule has 4 heterocycles. The molecule has 0 atom stereocenters. The Morgan fingerprint density at radius 1 is 0.821 bits per heavy atom. The van der Waals surface area contributed by atoms with Gasteiger partial charge in [0, 0.05) is 23.5 Å². The molecule has 0 saturated heterocycles. The lowest BCUT2D eigenvalue weighted by Crippen LogP contribution is -2.03. The number of nitrogen functional groups attached to an aromatic ring is 1. The molecular formula is C20H12N6S2. The summed E-state index contributed by atoms with van der Waals surface area (Å²) in [6.07, 6.45) is 3.67. The Balaban J connectivity index is 1.70. The van der Waals surface area contributed by atoms with E-state index in [1.807, 2.05) is 39.8 Å². The largest absolute Gasteiger partial charge is 0.381 e. The molecule has 4 aromatic heterocycles. The number of fused-ring (bicyclic) bond motifs is 3. The summed E-state index contributed by atoms with van der Waals surface area (Å²) in [7, 11) is 0. The molecule has 0 aliphatic rings. The van der Waals surface area contributed by atoms with Crippen LogP contribution in [-0.4, -0.2) is 24.3 Å². The third-order valence-corrected chi connectivity index (χ3v) is 6.36. The van der Waals surface area contributed by atoms with Gasteiger partial charge in [0.15, 0.2) is 11.5 Å². The highest BCUT2D eigenvalue weighted by molar-refractivity contribution is 7.17. The fourth-order valence-electron chi connectivity index (χ4n) is 3.49. The summed E-state index contributed by atoms with van der Waals surface area (Å²) in [5, 5.41) is 0. The lowest BCUT2D eigenvalue weighted by Gasteiger charge is -2.14. The van der Waals surface area contributed by atoms with Gasteiger partial charge < -0.3 is 5.73 Å². The van der Waals surface area contributed by atoms with Gasteiger partial charge in [-0.15, -0.1) is 22.7 Å². The van der Waals surface area contributed by atoms with E-state index in [4.69, 9.17) is 10.7 Å². The lowest BCUT2D eigenvalue weighted by atomic mass is 10.0. The first kappa shape index (κ1) is 15.7. The summed E-state index contributed by atoms with van der Waals surface area (Å²) >= 11 is 3.24. The van der Waals surface area contributed by atoms with E-state index >= 15 is 0 Å². The van der Waals surface area contributed by atoms with Crippen LogP contribution < -0.4 is 5.73 Å². The molecule has 0 aliphatic heterocycles. The summed E-state index contributed by atoms with van der Waals surface area (Å²) in [6.45, 7) is 0. The Morgan fingerprint density at radius 2 is 1.50 bits per heavy atom. The molecule has 0 fully saturated rings. The number of thiazole rings is 2. The second-order valence-electron chi connectivity index (χ2n) is 6.38. The predicted octanol–water partition coefficient (Wildman–Crippen LogP) is 4.86. The zero-order valence-electron chi connectivity index (χ0n) is 14.4. The Morgan fingerprint density at radius 3 is 2.25 bits per heavy atom. The SMILES string of the molecule is Nc1nc(-c2ccc3ncsc3c2)c(-c2ccc3ncsc3c2)n2ccnc12. The quantitative estimate of drug-likeness (QED) is 0.449. The van der Waals surface area contributed by atoms with Crippen molar-refractivity contribution in [3.63, 3.8) is 0 Å². The predicted molar refractivity (Wildman–Crippen MR) is 115 cm³/mol. The highest BCUT2D eigenvalue weighted by Gasteiger charge is 2.18. The van der Waals surface area contributed by atoms with Gasteiger partial charge in [0.05, 0.1) is 42.8 Å². The van der Waals surface area contributed by atoms with Crippen molar-refractivity contribution in [1.29, 1.82) is 0 Å². The Hall–Kier alpha value is -3.36. The van der Waals surface area contributed by atoms with E-state index in [1.165, 1.54) is 0 Å². The van der Waals surface area contributed by atoms with Gasteiger partial charge in [0.25, 0.3) is 0 Å². The van der Waals surface area contributed by atoms with E-state index in [0.29, 0.717) is 11.5 Å². The van der Waals surface area contributed by atoms with Crippen LogP contribution in [-0.2, 0) is 0 Å². The van der Waals surface area contributed by atoms with E-state index in [-0.39, 0.29) is 0 Å². The number of anilines is 1. The Labute approximate surface area is 167 Å². The van der Waals surface area contributed by atoms with Crippen molar-refractivity contribution in [3.8, 4) is 22.5 Å². The van der Waals surface area contributed by atoms with Crippen molar-refractivity contribution in [2.24, 2.45) is 0 Å². The second kappa shape index (κ2) is 5.82. The van der Waals surface area contributed by atoms with Crippen molar-refractivity contribution in [2.75, 3.05) is 5.73 Å². The standard InChI is InChI=1S/C20H12N6S2/c21-19-20-22-5-6-26(20)18(12-2-4-14-16(8-12)28-10-24-14)17(25-19)11-1-3-13-15(7-11)27-9-23-13/h1-10H,(H2,21,25). The third-order valence-electron chi connectivity index (χ3n) is 4.78. The van der Waals surface area contributed by atoms with E-state index < -0.39 is 0 Å². The molecule has 6 aromatic rings. The minimum Gasteiger partial charge on any atom is -0.381 e. The highest BCUT2D eigenvalue weighted by atomic mass is 32.1. The molecular weight excluding hydrogens is 388 g/mol. The summed E-state index contributed by atoms with van der Waals surface area (Å²) in [6, 6.07) is 12.4. The van der Waals surface area contributed by atoms with Gasteiger partial charge in [-0.25, -0.2) is 19.9 Å². The minimum atomic E-state index is 0.409. The van der Waals surface area contributed by atoms with Crippen molar-refractivity contribution in [1.82, 2.24) is 24.3 Å². The van der Waals surface area contributed by atoms with Crippen LogP contribution in [0.1, 0.15) is 0 Å². The molecule has 6 nitrogen and oxygen atoms in total. The maximum atomic E-state index is 6.24. The van der Waals surface area contributed by atoms with Crippen LogP contribution in [0.15, 0.2) is 59.8 Å². The van der Waals surface area contributed by atoms with Gasteiger partial charge in [0.1, 0.15) is 0 Å². The van der Waals surface area contributed by atoms with Gasteiger partial charge >= 0.3 is 0 Å². The molecule has 2 N–H and O–H groups in total. The molecule has 6 rings (SSSR count). The zero-order chi connectivity index (χ0) is 18.7. The molecule has 0 spiro atoms. The van der Waals surface area contributed by atoms with E-state index in [1.54, 1.807) is 28.9 Å². The van der Waals surface area contributed by atoms with Crippen molar-refractivity contribution in [3.05, 3.63) is 59.8 Å². The fraction of sp³-hybridized carbons (Fsp3) is 0. The summed E-state index contributed by atoms with van der Waals surface area (Å²) in [5.41, 5.74) is 16.4. The number of aromatic nitrogens is 5. The molecule has 0 unspecified atom stereocenters. The maximum Gasteiger partial charge on any atom is 0.180 e. The number of rotatable bonds is 2. The average molecular weight is 400 g/mol. The van der Waals surface area contributed by atoms with Gasteiger partial charge in [-0.2, -0.15) is 0 Å². The zero-order valence-corrected chi connectivity index (χ0v) is 16.0. The van der Waals surface area contributed by atoms with Gasteiger partial charge in [-0.1, -0.05) is 12.1 Å². The Kier molecular flexibility index (Phi) is 3.26. The molecule has 134 valence electrons. The molecule has 0 bridgehead atoms. The number of nitrogens with two attached hydrogens (primary N) is 1. The average Bonchev–Trinajstić information content (AvgIpc) is 3.46. The van der Waals surface area contributed by atoms with Crippen LogP contribution in [0.25, 0.3) is 48.6 Å². The smallest absolute Gasteiger partial charge is 0.180 e. The number of nitrogens with zero attached hydrogens (tertiary/aromatic N) is 5. The number of hydrogen-bond acceptors (Lipinski definition) is 7. The number of benzene rings is 2. The first-order chi connectivity index (χ1) is 13.8. The Bertz CT molecular complexity index is 1490. The minimum absolute atomic E-state index is 0.409. The topological polar surface area (TPSA) is 82.0 Å². The van der Waals surface area contributed by atoms with Gasteiger partial charge in [-0.3, -0.25) is 4.40 Å². The van der Waals surface area contributed by atoms with Crippen LogP contribution in [0.2, 0.25) is 0 Å². The number of imidazole rings is 1. The fourth-order valence-corrected chi connectivity index (χ4v) is 4.93. The molecule has 8 heteroatoms. The maximum absolute atomic E-state index is 6.24. The first-order valence-electron chi connectivity index (χ1n) is 8.58. The molecule has 0 aliphatic carbocycles. The van der Waals surface area contributed by atoms with Crippen LogP contribution in [0.4, 0.5) is 5.82 Å². The van der Waals surface area contributed by atoms with E-state index in [0.717, 1.165) is 42.9 Å². The number of hydrogen-bond donors (Lipinski definition) is 1. The summed E-state index contributed by atoms with van der Waals surface area (Å²) in [5.74, 6) is 0.409. The van der Waals surface area contributed by atoms with Crippen LogP contribution in [0, 0.1) is 0 Å². The van der Waals surface area contributed by atoms with E-state index in [2.05, 4.69) is 33.2 Å². The summed E-state index contributed by atoms with van der Waals surface area (Å²) < 4.78 is 4.26. The molecule has 2 aromatic carbocycles. The summed E-state index contributed by atoms with van der Waals surface area (Å²) in [4.78, 5) is 17.9. The van der Waals surface area contributed by atoms with Crippen LogP contribution in [0.3, 0.4) is 0 Å². The van der Waals surface area contributed by atoms with Crippen LogP contribution >= 0.6 is 22.7 Å². The third kappa shape index (κ3) is 2.25. The first-order valence-corrected chi connectivity index (χ1v) is 10.3. The molecule has 0 amide bonds. The van der Waals surface area contributed by atoms with Crippen molar-refractivity contribution in [2.45, 2.75) is 0 Å². The lowest BCUT2D eigenvalue weighted by molar-refractivity contribution is 1.15. The van der Waals surface area contributed by atoms with Crippen LogP contribution in [0.5, 0.6) is 0 Å². The van der Waals surface area contributed by atoms with E-state index in [9.17, 15) is 0 Å². The van der Waals surface area contributed by atoms with Gasteiger partial charge in [0.2, 0.25) is 0 Å². The monoisotopic (exact) mass is 400 g/mol. The van der Waals surface area contributed by atoms with Crippen molar-refractivity contribution < 1.29 is 0 Å². The second-order valence-corrected chi connectivity index (χ2v) is 8.16. The normalized spacial score (nSPS) is 11.7.